The van der Waals surface area contributed by atoms with Crippen LogP contribution >= 0.6 is 23.8 Å². The summed E-state index contributed by atoms with van der Waals surface area (Å²) in [6.07, 6.45) is 2.40. The number of benzene rings is 2. The molecule has 8 heteroatoms. The van der Waals surface area contributed by atoms with Crippen LogP contribution in [0.4, 0.5) is 0 Å². The first-order chi connectivity index (χ1) is 15.7. The van der Waals surface area contributed by atoms with E-state index in [-0.39, 0.29) is 0 Å². The van der Waals surface area contributed by atoms with Crippen molar-refractivity contribution in [2.45, 2.75) is 25.4 Å². The van der Waals surface area contributed by atoms with Gasteiger partial charge in [-0.1, -0.05) is 41.9 Å². The van der Waals surface area contributed by atoms with Crippen LogP contribution in [-0.4, -0.2) is 63.5 Å². The van der Waals surface area contributed by atoms with Gasteiger partial charge in [-0.15, -0.1) is 0 Å². The van der Waals surface area contributed by atoms with E-state index in [0.717, 1.165) is 61.4 Å². The molecule has 168 valence electrons. The third-order valence-electron chi connectivity index (χ3n) is 6.12. The minimum absolute atomic E-state index is 0.535. The highest BCUT2D eigenvalue weighted by molar-refractivity contribution is 7.71. The number of ether oxygens (including phenoxy) is 1. The quantitative estimate of drug-likeness (QED) is 0.451. The number of piperazine rings is 1. The Labute approximate surface area is 199 Å². The molecule has 1 aromatic heterocycles. The summed E-state index contributed by atoms with van der Waals surface area (Å²) in [7, 11) is 0. The summed E-state index contributed by atoms with van der Waals surface area (Å²) in [5.74, 6) is 2.40. The Balaban J connectivity index is 1.17. The SMILES string of the molecule is S=c1n(CN2CCN(CCOc3ccccc3Cl)CC2)nc(C2CC2)n1-c1ccccc1. The van der Waals surface area contributed by atoms with Gasteiger partial charge in [-0.3, -0.25) is 14.4 Å². The average molecular weight is 470 g/mol. The van der Waals surface area contributed by atoms with E-state index in [0.29, 0.717) is 17.5 Å². The van der Waals surface area contributed by atoms with Crippen molar-refractivity contribution in [3.05, 3.63) is 70.2 Å². The number of halogens is 1. The fraction of sp³-hybridized carbons (Fsp3) is 0.417. The van der Waals surface area contributed by atoms with E-state index >= 15 is 0 Å². The highest BCUT2D eigenvalue weighted by Crippen LogP contribution is 2.40. The second-order valence-corrected chi connectivity index (χ2v) is 9.24. The zero-order valence-electron chi connectivity index (χ0n) is 18.1. The topological polar surface area (TPSA) is 38.5 Å². The van der Waals surface area contributed by atoms with Crippen LogP contribution in [0.1, 0.15) is 24.6 Å². The van der Waals surface area contributed by atoms with Gasteiger partial charge in [-0.25, -0.2) is 4.68 Å². The van der Waals surface area contributed by atoms with Crippen LogP contribution in [0.5, 0.6) is 5.75 Å². The minimum Gasteiger partial charge on any atom is -0.491 e. The van der Waals surface area contributed by atoms with E-state index in [1.165, 1.54) is 12.8 Å². The van der Waals surface area contributed by atoms with Gasteiger partial charge in [0.1, 0.15) is 18.2 Å². The van der Waals surface area contributed by atoms with E-state index in [1.807, 2.05) is 35.0 Å². The van der Waals surface area contributed by atoms with Gasteiger partial charge in [0.05, 0.1) is 11.7 Å². The molecule has 2 fully saturated rings. The van der Waals surface area contributed by atoms with Gasteiger partial charge in [-0.05, 0) is 49.3 Å². The van der Waals surface area contributed by atoms with Gasteiger partial charge in [0.15, 0.2) is 0 Å². The summed E-state index contributed by atoms with van der Waals surface area (Å²) in [6.45, 7) is 6.27. The predicted octanol–water partition coefficient (Wildman–Crippen LogP) is 4.59. The summed E-state index contributed by atoms with van der Waals surface area (Å²) < 4.78 is 10.8. The molecular formula is C24H28ClN5OS. The molecular weight excluding hydrogens is 442 g/mol. The third kappa shape index (κ3) is 4.91. The first-order valence-electron chi connectivity index (χ1n) is 11.3. The Morgan fingerprint density at radius 3 is 2.34 bits per heavy atom. The maximum absolute atomic E-state index is 6.17. The van der Waals surface area contributed by atoms with Crippen LogP contribution < -0.4 is 4.74 Å². The Kier molecular flexibility index (Phi) is 6.59. The zero-order chi connectivity index (χ0) is 21.9. The summed E-state index contributed by atoms with van der Waals surface area (Å²) in [5.41, 5.74) is 1.11. The molecule has 0 bridgehead atoms. The Morgan fingerprint density at radius 1 is 0.938 bits per heavy atom. The maximum atomic E-state index is 6.17. The van der Waals surface area contributed by atoms with Crippen molar-refractivity contribution in [3.63, 3.8) is 0 Å². The third-order valence-corrected chi connectivity index (χ3v) is 6.83. The lowest BCUT2D eigenvalue weighted by Crippen LogP contribution is -2.47. The van der Waals surface area contributed by atoms with Crippen molar-refractivity contribution in [1.29, 1.82) is 0 Å². The van der Waals surface area contributed by atoms with Crippen molar-refractivity contribution in [1.82, 2.24) is 24.1 Å². The summed E-state index contributed by atoms with van der Waals surface area (Å²) in [6, 6.07) is 18.0. The number of hydrogen-bond donors (Lipinski definition) is 0. The lowest BCUT2D eigenvalue weighted by atomic mass is 10.3. The molecule has 1 saturated carbocycles. The van der Waals surface area contributed by atoms with E-state index in [9.17, 15) is 0 Å². The molecule has 1 saturated heterocycles. The first-order valence-corrected chi connectivity index (χ1v) is 12.0. The molecule has 3 aromatic rings. The second-order valence-electron chi connectivity index (χ2n) is 8.47. The monoisotopic (exact) mass is 469 g/mol. The van der Waals surface area contributed by atoms with Crippen LogP contribution in [0.15, 0.2) is 54.6 Å². The normalized spacial score (nSPS) is 17.5. The molecule has 1 aliphatic heterocycles. The van der Waals surface area contributed by atoms with E-state index < -0.39 is 0 Å². The molecule has 1 aliphatic carbocycles. The molecule has 2 aromatic carbocycles. The Bertz CT molecular complexity index is 1100. The van der Waals surface area contributed by atoms with Gasteiger partial charge >= 0.3 is 0 Å². The standard InChI is InChI=1S/C24H28ClN5OS/c25-21-8-4-5-9-22(21)31-17-16-27-12-14-28(15-13-27)18-29-24(32)30(20-6-2-1-3-7-20)23(26-29)19-10-11-19/h1-9,19H,10-18H2. The molecule has 32 heavy (non-hydrogen) atoms. The van der Waals surface area contributed by atoms with Crippen molar-refractivity contribution < 1.29 is 4.74 Å². The molecule has 0 atom stereocenters. The van der Waals surface area contributed by atoms with E-state index in [1.54, 1.807) is 0 Å². The fourth-order valence-electron chi connectivity index (χ4n) is 4.13. The average Bonchev–Trinajstić information content (AvgIpc) is 3.61. The van der Waals surface area contributed by atoms with E-state index in [4.69, 9.17) is 33.7 Å². The van der Waals surface area contributed by atoms with Gasteiger partial charge in [0.2, 0.25) is 4.77 Å². The molecule has 0 N–H and O–H groups in total. The summed E-state index contributed by atoms with van der Waals surface area (Å²) >= 11 is 12.0. The number of nitrogens with zero attached hydrogens (tertiary/aromatic N) is 5. The van der Waals surface area contributed by atoms with Crippen molar-refractivity contribution in [2.75, 3.05) is 39.3 Å². The Hall–Kier alpha value is -2.19. The molecule has 6 nitrogen and oxygen atoms in total. The van der Waals surface area contributed by atoms with Crippen LogP contribution in [0.25, 0.3) is 5.69 Å². The highest BCUT2D eigenvalue weighted by Gasteiger charge is 2.31. The zero-order valence-corrected chi connectivity index (χ0v) is 19.6. The first kappa shape index (κ1) is 21.6. The predicted molar refractivity (Wildman–Crippen MR) is 129 cm³/mol. The molecule has 5 rings (SSSR count). The molecule has 2 heterocycles. The second kappa shape index (κ2) is 9.75. The largest absolute Gasteiger partial charge is 0.491 e. The van der Waals surface area contributed by atoms with Gasteiger partial charge < -0.3 is 4.74 Å². The van der Waals surface area contributed by atoms with Crippen molar-refractivity contribution in [2.24, 2.45) is 0 Å². The number of para-hydroxylation sites is 2. The van der Waals surface area contributed by atoms with Crippen LogP contribution in [-0.2, 0) is 6.67 Å². The molecule has 2 aliphatic rings. The lowest BCUT2D eigenvalue weighted by Gasteiger charge is -2.34. The molecule has 0 spiro atoms. The van der Waals surface area contributed by atoms with Gasteiger partial charge in [0.25, 0.3) is 0 Å². The van der Waals surface area contributed by atoms with Gasteiger partial charge in [0, 0.05) is 44.3 Å². The highest BCUT2D eigenvalue weighted by atomic mass is 35.5. The number of aromatic nitrogens is 3. The number of rotatable bonds is 8. The van der Waals surface area contributed by atoms with Crippen LogP contribution in [0.2, 0.25) is 5.02 Å². The van der Waals surface area contributed by atoms with Crippen LogP contribution in [0.3, 0.4) is 0 Å². The summed E-state index contributed by atoms with van der Waals surface area (Å²) in [5, 5.41) is 5.60. The maximum Gasteiger partial charge on any atom is 0.203 e. The Morgan fingerprint density at radius 2 is 1.62 bits per heavy atom. The molecule has 0 unspecified atom stereocenters. The van der Waals surface area contributed by atoms with Crippen molar-refractivity contribution >= 4 is 23.8 Å². The van der Waals surface area contributed by atoms with Crippen molar-refractivity contribution in [3.8, 4) is 11.4 Å². The minimum atomic E-state index is 0.535. The molecule has 0 amide bonds. The summed E-state index contributed by atoms with van der Waals surface area (Å²) in [4.78, 5) is 4.87. The number of hydrogen-bond acceptors (Lipinski definition) is 5. The smallest absolute Gasteiger partial charge is 0.203 e. The van der Waals surface area contributed by atoms with Gasteiger partial charge in [-0.2, -0.15) is 5.10 Å². The molecule has 0 radical (unpaired) electrons. The van der Waals surface area contributed by atoms with E-state index in [2.05, 4.69) is 38.6 Å². The lowest BCUT2D eigenvalue weighted by molar-refractivity contribution is 0.0920. The fourth-order valence-corrected chi connectivity index (χ4v) is 4.62. The van der Waals surface area contributed by atoms with Crippen LogP contribution in [0, 0.1) is 4.77 Å².